The molecule has 0 aromatic heterocycles. The molecule has 0 bridgehead atoms. The van der Waals surface area contributed by atoms with Gasteiger partial charge in [0.2, 0.25) is 5.91 Å². The molecule has 2 atom stereocenters. The first-order chi connectivity index (χ1) is 13.7. The van der Waals surface area contributed by atoms with Crippen LogP contribution >= 0.6 is 0 Å². The van der Waals surface area contributed by atoms with Gasteiger partial charge < -0.3 is 10.6 Å². The van der Waals surface area contributed by atoms with Crippen LogP contribution in [-0.4, -0.2) is 40.7 Å². The number of carbonyl (C=O) groups excluding carboxylic acids is 4. The van der Waals surface area contributed by atoms with Gasteiger partial charge in [0.1, 0.15) is 0 Å². The van der Waals surface area contributed by atoms with Gasteiger partial charge in [0.15, 0.2) is 0 Å². The Labute approximate surface area is 169 Å². The number of hydrazine groups is 1. The Kier molecular flexibility index (Phi) is 5.72. The van der Waals surface area contributed by atoms with Gasteiger partial charge in [-0.15, -0.1) is 0 Å². The molecule has 1 aromatic rings. The molecule has 1 aliphatic heterocycles. The SMILES string of the molecule is CC(C)(C)NC(=O)CNC(=O)c1cccc(NN2C(=O)[C@@H]3CC=CC[C@H]3C2=O)c1. The van der Waals surface area contributed by atoms with Crippen LogP contribution in [0, 0.1) is 11.8 Å². The van der Waals surface area contributed by atoms with E-state index in [1.54, 1.807) is 18.2 Å². The molecule has 4 amide bonds. The van der Waals surface area contributed by atoms with Crippen molar-refractivity contribution in [3.8, 4) is 0 Å². The average Bonchev–Trinajstić information content (AvgIpc) is 2.90. The number of benzene rings is 1. The number of rotatable bonds is 5. The smallest absolute Gasteiger partial charge is 0.252 e. The monoisotopic (exact) mass is 398 g/mol. The molecule has 154 valence electrons. The summed E-state index contributed by atoms with van der Waals surface area (Å²) < 4.78 is 0. The fourth-order valence-corrected chi connectivity index (χ4v) is 3.49. The van der Waals surface area contributed by atoms with Gasteiger partial charge in [0.25, 0.3) is 17.7 Å². The summed E-state index contributed by atoms with van der Waals surface area (Å²) in [5.41, 5.74) is 3.22. The quantitative estimate of drug-likeness (QED) is 0.516. The molecule has 3 rings (SSSR count). The largest absolute Gasteiger partial charge is 0.350 e. The highest BCUT2D eigenvalue weighted by Gasteiger charge is 2.47. The van der Waals surface area contributed by atoms with Gasteiger partial charge in [0, 0.05) is 11.1 Å². The lowest BCUT2D eigenvalue weighted by molar-refractivity contribution is -0.138. The van der Waals surface area contributed by atoms with Crippen LogP contribution in [0.5, 0.6) is 0 Å². The number of fused-ring (bicyclic) bond motifs is 1. The Morgan fingerprint density at radius 2 is 1.69 bits per heavy atom. The molecule has 0 unspecified atom stereocenters. The zero-order valence-corrected chi connectivity index (χ0v) is 16.8. The van der Waals surface area contributed by atoms with Crippen molar-refractivity contribution >= 4 is 29.3 Å². The van der Waals surface area contributed by atoms with Crippen LogP contribution in [0.2, 0.25) is 0 Å². The van der Waals surface area contributed by atoms with E-state index in [1.807, 2.05) is 32.9 Å². The maximum Gasteiger partial charge on any atom is 0.252 e. The number of carbonyl (C=O) groups is 4. The molecule has 1 fully saturated rings. The third-order valence-electron chi connectivity index (χ3n) is 4.80. The number of allylic oxidation sites excluding steroid dienone is 2. The lowest BCUT2D eigenvalue weighted by Crippen LogP contribution is -2.45. The van der Waals surface area contributed by atoms with E-state index in [1.165, 1.54) is 6.07 Å². The predicted molar refractivity (Wildman–Crippen MR) is 108 cm³/mol. The van der Waals surface area contributed by atoms with Crippen LogP contribution in [0.15, 0.2) is 36.4 Å². The number of hydrogen-bond acceptors (Lipinski definition) is 5. The Morgan fingerprint density at radius 3 is 2.28 bits per heavy atom. The van der Waals surface area contributed by atoms with E-state index >= 15 is 0 Å². The van der Waals surface area contributed by atoms with E-state index < -0.39 is 5.91 Å². The Balaban J connectivity index is 1.62. The van der Waals surface area contributed by atoms with Crippen LogP contribution in [0.1, 0.15) is 44.0 Å². The van der Waals surface area contributed by atoms with Crippen molar-refractivity contribution in [2.45, 2.75) is 39.2 Å². The van der Waals surface area contributed by atoms with Gasteiger partial charge in [-0.3, -0.25) is 24.6 Å². The maximum atomic E-state index is 12.5. The second-order valence-corrected chi connectivity index (χ2v) is 8.34. The Bertz CT molecular complexity index is 846. The predicted octanol–water partition coefficient (Wildman–Crippen LogP) is 1.61. The molecule has 1 heterocycles. The summed E-state index contributed by atoms with van der Waals surface area (Å²) in [6.45, 7) is 5.42. The van der Waals surface area contributed by atoms with Gasteiger partial charge in [-0.2, -0.15) is 5.01 Å². The summed E-state index contributed by atoms with van der Waals surface area (Å²) >= 11 is 0. The highest BCUT2D eigenvalue weighted by Crippen LogP contribution is 2.35. The van der Waals surface area contributed by atoms with E-state index in [0.29, 0.717) is 24.1 Å². The van der Waals surface area contributed by atoms with E-state index in [0.717, 1.165) is 5.01 Å². The number of hydrogen-bond donors (Lipinski definition) is 3. The first-order valence-corrected chi connectivity index (χ1v) is 9.64. The molecule has 8 heteroatoms. The van der Waals surface area contributed by atoms with Crippen LogP contribution in [0.4, 0.5) is 5.69 Å². The van der Waals surface area contributed by atoms with Gasteiger partial charge in [-0.05, 0) is 51.8 Å². The molecule has 1 saturated heterocycles. The van der Waals surface area contributed by atoms with Crippen LogP contribution in [0.25, 0.3) is 0 Å². The summed E-state index contributed by atoms with van der Waals surface area (Å²) in [6.07, 6.45) is 4.98. The fourth-order valence-electron chi connectivity index (χ4n) is 3.49. The Morgan fingerprint density at radius 1 is 1.07 bits per heavy atom. The van der Waals surface area contributed by atoms with Crippen LogP contribution < -0.4 is 16.1 Å². The van der Waals surface area contributed by atoms with Gasteiger partial charge in [0.05, 0.1) is 24.1 Å². The van der Waals surface area contributed by atoms with Gasteiger partial charge >= 0.3 is 0 Å². The lowest BCUT2D eigenvalue weighted by Gasteiger charge is -2.20. The summed E-state index contributed by atoms with van der Waals surface area (Å²) in [7, 11) is 0. The molecule has 2 aliphatic rings. The summed E-state index contributed by atoms with van der Waals surface area (Å²) in [5, 5.41) is 6.38. The van der Waals surface area contributed by atoms with E-state index in [-0.39, 0.29) is 41.6 Å². The molecule has 0 radical (unpaired) electrons. The standard InChI is InChI=1S/C21H26N4O4/c1-21(2,3)23-17(26)12-22-18(27)13-7-6-8-14(11-13)24-25-19(28)15-9-4-5-10-16(15)20(25)29/h4-8,11,15-16,24H,9-10,12H2,1-3H3,(H,22,27)(H,23,26)/t15-,16-/m1/s1. The molecule has 0 spiro atoms. The van der Waals surface area contributed by atoms with E-state index in [4.69, 9.17) is 0 Å². The van der Waals surface area contributed by atoms with Crippen LogP contribution in [0.3, 0.4) is 0 Å². The van der Waals surface area contributed by atoms with Crippen LogP contribution in [-0.2, 0) is 14.4 Å². The number of nitrogens with zero attached hydrogens (tertiary/aromatic N) is 1. The molecule has 1 aliphatic carbocycles. The van der Waals surface area contributed by atoms with Gasteiger partial charge in [-0.1, -0.05) is 18.2 Å². The minimum absolute atomic E-state index is 0.146. The van der Waals surface area contributed by atoms with Crippen molar-refractivity contribution < 1.29 is 19.2 Å². The second kappa shape index (κ2) is 8.06. The normalized spacial score (nSPS) is 21.0. The number of imide groups is 1. The lowest BCUT2D eigenvalue weighted by atomic mass is 9.85. The molecular weight excluding hydrogens is 372 g/mol. The summed E-state index contributed by atoms with van der Waals surface area (Å²) in [6, 6.07) is 6.45. The Hall–Kier alpha value is -3.16. The van der Waals surface area contributed by atoms with Crippen molar-refractivity contribution in [3.63, 3.8) is 0 Å². The third kappa shape index (κ3) is 4.82. The minimum atomic E-state index is -0.422. The first-order valence-electron chi connectivity index (χ1n) is 9.64. The topological polar surface area (TPSA) is 108 Å². The van der Waals surface area contributed by atoms with E-state index in [9.17, 15) is 19.2 Å². The van der Waals surface area contributed by atoms with E-state index in [2.05, 4.69) is 16.1 Å². The first kappa shape index (κ1) is 20.6. The zero-order chi connectivity index (χ0) is 21.2. The summed E-state index contributed by atoms with van der Waals surface area (Å²) in [4.78, 5) is 49.3. The number of amides is 4. The van der Waals surface area contributed by atoms with Crippen molar-refractivity contribution in [1.82, 2.24) is 15.6 Å². The van der Waals surface area contributed by atoms with Crippen molar-refractivity contribution in [2.24, 2.45) is 11.8 Å². The summed E-state index contributed by atoms with van der Waals surface area (Å²) in [5.74, 6) is -1.86. The molecule has 29 heavy (non-hydrogen) atoms. The number of anilines is 1. The molecule has 1 aromatic carbocycles. The highest BCUT2D eigenvalue weighted by atomic mass is 16.2. The molecule has 8 nitrogen and oxygen atoms in total. The van der Waals surface area contributed by atoms with Crippen molar-refractivity contribution in [2.75, 3.05) is 12.0 Å². The molecular formula is C21H26N4O4. The molecule has 3 N–H and O–H groups in total. The third-order valence-corrected chi connectivity index (χ3v) is 4.80. The second-order valence-electron chi connectivity index (χ2n) is 8.34. The molecule has 0 saturated carbocycles. The van der Waals surface area contributed by atoms with Crippen molar-refractivity contribution in [1.29, 1.82) is 0 Å². The average molecular weight is 398 g/mol. The van der Waals surface area contributed by atoms with Gasteiger partial charge in [-0.25, -0.2) is 0 Å². The fraction of sp³-hybridized carbons (Fsp3) is 0.429. The highest BCUT2D eigenvalue weighted by molar-refractivity contribution is 6.06. The maximum absolute atomic E-state index is 12.5. The number of nitrogens with one attached hydrogen (secondary N) is 3. The zero-order valence-electron chi connectivity index (χ0n) is 16.8. The van der Waals surface area contributed by atoms with Crippen molar-refractivity contribution in [3.05, 3.63) is 42.0 Å². The minimum Gasteiger partial charge on any atom is -0.350 e.